The quantitative estimate of drug-likeness (QED) is 0.637. The number of hydrogen-bond donors (Lipinski definition) is 0. The van der Waals surface area contributed by atoms with Crippen LogP contribution in [0.1, 0.15) is 23.1 Å². The summed E-state index contributed by atoms with van der Waals surface area (Å²) in [7, 11) is 0. The highest BCUT2D eigenvalue weighted by atomic mass is 15.4. The van der Waals surface area contributed by atoms with E-state index in [1.165, 1.54) is 27.9 Å². The second-order valence-electron chi connectivity index (χ2n) is 8.15. The average molecular weight is 390 g/mol. The van der Waals surface area contributed by atoms with Gasteiger partial charge >= 0.3 is 0 Å². The van der Waals surface area contributed by atoms with Crippen LogP contribution in [0, 0.1) is 20.8 Å². The predicted molar refractivity (Wildman–Crippen MR) is 119 cm³/mol. The lowest BCUT2D eigenvalue weighted by atomic mass is 10.1. The minimum atomic E-state index is 0.913. The maximum Gasteiger partial charge on any atom is 0.113 e. The fourth-order valence-corrected chi connectivity index (χ4v) is 4.12. The summed E-state index contributed by atoms with van der Waals surface area (Å²) in [5.41, 5.74) is 7.48. The van der Waals surface area contributed by atoms with E-state index < -0.39 is 0 Å². The normalized spacial score (nSPS) is 15.1. The molecule has 1 fully saturated rings. The summed E-state index contributed by atoms with van der Waals surface area (Å²) in [5.74, 6) is 0. The van der Waals surface area contributed by atoms with Crippen LogP contribution in [0.5, 0.6) is 0 Å². The van der Waals surface area contributed by atoms with Crippen molar-refractivity contribution in [2.45, 2.75) is 33.7 Å². The molecule has 0 radical (unpaired) electrons. The van der Waals surface area contributed by atoms with Crippen molar-refractivity contribution >= 4 is 5.69 Å². The van der Waals surface area contributed by atoms with E-state index in [0.717, 1.165) is 51.4 Å². The molecule has 1 aliphatic rings. The van der Waals surface area contributed by atoms with E-state index in [4.69, 9.17) is 0 Å². The van der Waals surface area contributed by atoms with Crippen molar-refractivity contribution in [1.29, 1.82) is 0 Å². The van der Waals surface area contributed by atoms with Gasteiger partial charge in [0.25, 0.3) is 0 Å². The molecule has 0 N–H and O–H groups in total. The minimum Gasteiger partial charge on any atom is -0.369 e. The number of aromatic nitrogens is 3. The monoisotopic (exact) mass is 389 g/mol. The molecule has 0 unspecified atom stereocenters. The first-order valence-electron chi connectivity index (χ1n) is 10.6. The Balaban J connectivity index is 1.25. The Kier molecular flexibility index (Phi) is 5.95. The van der Waals surface area contributed by atoms with E-state index >= 15 is 0 Å². The van der Waals surface area contributed by atoms with E-state index in [1.807, 2.05) is 4.68 Å². The van der Waals surface area contributed by atoms with Crippen molar-refractivity contribution in [3.05, 3.63) is 65.4 Å². The maximum atomic E-state index is 4.36. The number of benzene rings is 2. The lowest BCUT2D eigenvalue weighted by Crippen LogP contribution is -2.47. The molecule has 4 rings (SSSR count). The number of nitrogens with zero attached hydrogens (tertiary/aromatic N) is 5. The third-order valence-corrected chi connectivity index (χ3v) is 5.90. The van der Waals surface area contributed by atoms with Crippen LogP contribution in [0.25, 0.3) is 11.3 Å². The lowest BCUT2D eigenvalue weighted by Gasteiger charge is -2.37. The first-order valence-corrected chi connectivity index (χ1v) is 10.6. The Morgan fingerprint density at radius 1 is 0.862 bits per heavy atom. The van der Waals surface area contributed by atoms with Crippen LogP contribution in [0.4, 0.5) is 5.69 Å². The number of hydrogen-bond acceptors (Lipinski definition) is 4. The highest BCUT2D eigenvalue weighted by molar-refractivity contribution is 5.61. The third-order valence-electron chi connectivity index (χ3n) is 5.90. The van der Waals surface area contributed by atoms with Gasteiger partial charge in [-0.2, -0.15) is 0 Å². The molecule has 0 atom stereocenters. The molecule has 0 aliphatic carbocycles. The highest BCUT2D eigenvalue weighted by Crippen LogP contribution is 2.23. The van der Waals surface area contributed by atoms with Crippen LogP contribution < -0.4 is 4.90 Å². The van der Waals surface area contributed by atoms with Gasteiger partial charge in [0.05, 0.1) is 6.20 Å². The number of anilines is 1. The van der Waals surface area contributed by atoms with Gasteiger partial charge in [-0.25, -0.2) is 0 Å². The van der Waals surface area contributed by atoms with E-state index in [1.54, 1.807) is 0 Å². The van der Waals surface area contributed by atoms with Crippen LogP contribution in [0.2, 0.25) is 0 Å². The number of piperazine rings is 1. The standard InChI is InChI=1S/C24H31N5/c1-19-9-10-21(3)24(17-19)28-15-13-27(14-16-28)11-6-12-29-18-23(25-26-29)22-8-5-4-7-20(22)2/h4-5,7-10,17-18H,6,11-16H2,1-3H3. The molecule has 1 aromatic heterocycles. The third kappa shape index (κ3) is 4.67. The number of rotatable bonds is 6. The second-order valence-corrected chi connectivity index (χ2v) is 8.15. The summed E-state index contributed by atoms with van der Waals surface area (Å²) >= 11 is 0. The van der Waals surface area contributed by atoms with Gasteiger partial charge < -0.3 is 4.90 Å². The van der Waals surface area contributed by atoms with Gasteiger partial charge in [0.1, 0.15) is 5.69 Å². The predicted octanol–water partition coefficient (Wildman–Crippen LogP) is 4.08. The van der Waals surface area contributed by atoms with Gasteiger partial charge in [-0.05, 0) is 49.9 Å². The Morgan fingerprint density at radius 2 is 1.66 bits per heavy atom. The van der Waals surface area contributed by atoms with Crippen molar-refractivity contribution in [3.8, 4) is 11.3 Å². The Hall–Kier alpha value is -2.66. The number of aryl methyl sites for hydroxylation is 4. The molecule has 5 heteroatoms. The fraction of sp³-hybridized carbons (Fsp3) is 0.417. The first-order chi connectivity index (χ1) is 14.1. The molecule has 29 heavy (non-hydrogen) atoms. The second kappa shape index (κ2) is 8.78. The zero-order valence-electron chi connectivity index (χ0n) is 17.8. The lowest BCUT2D eigenvalue weighted by molar-refractivity contribution is 0.248. The molecule has 0 amide bonds. The van der Waals surface area contributed by atoms with Gasteiger partial charge in [-0.1, -0.05) is 41.6 Å². The molecule has 0 saturated carbocycles. The molecular weight excluding hydrogens is 358 g/mol. The summed E-state index contributed by atoms with van der Waals surface area (Å²) in [6.07, 6.45) is 3.17. The van der Waals surface area contributed by atoms with Gasteiger partial charge in [-0.15, -0.1) is 5.10 Å². The van der Waals surface area contributed by atoms with Crippen LogP contribution in [0.15, 0.2) is 48.7 Å². The largest absolute Gasteiger partial charge is 0.369 e. The summed E-state index contributed by atoms with van der Waals surface area (Å²) < 4.78 is 1.98. The molecule has 2 heterocycles. The van der Waals surface area contributed by atoms with Crippen molar-refractivity contribution in [2.75, 3.05) is 37.6 Å². The van der Waals surface area contributed by atoms with Crippen molar-refractivity contribution in [1.82, 2.24) is 19.9 Å². The van der Waals surface area contributed by atoms with Crippen molar-refractivity contribution in [3.63, 3.8) is 0 Å². The van der Waals surface area contributed by atoms with E-state index in [-0.39, 0.29) is 0 Å². The summed E-state index contributed by atoms with van der Waals surface area (Å²) in [6, 6.07) is 15.1. The Bertz CT molecular complexity index is 953. The zero-order chi connectivity index (χ0) is 20.2. The van der Waals surface area contributed by atoms with Gasteiger partial charge in [0.2, 0.25) is 0 Å². The average Bonchev–Trinajstić information content (AvgIpc) is 3.19. The summed E-state index contributed by atoms with van der Waals surface area (Å²) in [6.45, 7) is 13.0. The fourth-order valence-electron chi connectivity index (χ4n) is 4.12. The van der Waals surface area contributed by atoms with Gasteiger partial charge in [0.15, 0.2) is 0 Å². The molecule has 0 bridgehead atoms. The van der Waals surface area contributed by atoms with Crippen molar-refractivity contribution < 1.29 is 0 Å². The molecule has 5 nitrogen and oxygen atoms in total. The van der Waals surface area contributed by atoms with E-state index in [2.05, 4.69) is 89.5 Å². The van der Waals surface area contributed by atoms with Crippen LogP contribution in [-0.4, -0.2) is 52.6 Å². The molecule has 2 aromatic carbocycles. The maximum absolute atomic E-state index is 4.36. The molecule has 152 valence electrons. The molecule has 0 spiro atoms. The van der Waals surface area contributed by atoms with Crippen LogP contribution in [0.3, 0.4) is 0 Å². The van der Waals surface area contributed by atoms with E-state index in [0.29, 0.717) is 0 Å². The smallest absolute Gasteiger partial charge is 0.113 e. The molecule has 3 aromatic rings. The Morgan fingerprint density at radius 3 is 2.45 bits per heavy atom. The molecule has 1 saturated heterocycles. The summed E-state index contributed by atoms with van der Waals surface area (Å²) in [5, 5.41) is 8.69. The minimum absolute atomic E-state index is 0.913. The summed E-state index contributed by atoms with van der Waals surface area (Å²) in [4.78, 5) is 5.10. The first kappa shape index (κ1) is 19.6. The molecular formula is C24H31N5. The highest BCUT2D eigenvalue weighted by Gasteiger charge is 2.18. The topological polar surface area (TPSA) is 37.2 Å². The van der Waals surface area contributed by atoms with E-state index in [9.17, 15) is 0 Å². The molecule has 1 aliphatic heterocycles. The van der Waals surface area contributed by atoms with Gasteiger partial charge in [-0.3, -0.25) is 9.58 Å². The van der Waals surface area contributed by atoms with Gasteiger partial charge in [0, 0.05) is 50.5 Å². The zero-order valence-corrected chi connectivity index (χ0v) is 17.8. The van der Waals surface area contributed by atoms with Crippen molar-refractivity contribution in [2.24, 2.45) is 0 Å². The SMILES string of the molecule is Cc1ccc(C)c(N2CCN(CCCn3cc(-c4ccccc4C)nn3)CC2)c1. The Labute approximate surface area is 174 Å². The van der Waals surface area contributed by atoms with Crippen LogP contribution >= 0.6 is 0 Å². The van der Waals surface area contributed by atoms with Crippen LogP contribution in [-0.2, 0) is 6.54 Å².